The first-order valence-electron chi connectivity index (χ1n) is 6.69. The van der Waals surface area contributed by atoms with Crippen LogP contribution >= 0.6 is 0 Å². The van der Waals surface area contributed by atoms with E-state index in [1.165, 1.54) is 0 Å². The van der Waals surface area contributed by atoms with Crippen molar-refractivity contribution in [1.82, 2.24) is 5.32 Å². The molecule has 108 valence electrons. The molecule has 0 atom stereocenters. The Morgan fingerprint density at radius 3 is 2.90 bits per heavy atom. The Kier molecular flexibility index (Phi) is 7.15. The first kappa shape index (κ1) is 16.0. The molecule has 0 saturated carbocycles. The van der Waals surface area contributed by atoms with Crippen LogP contribution < -0.4 is 10.1 Å². The van der Waals surface area contributed by atoms with Gasteiger partial charge in [-0.25, -0.2) is 0 Å². The zero-order valence-electron chi connectivity index (χ0n) is 11.9. The summed E-state index contributed by atoms with van der Waals surface area (Å²) in [5.74, 6) is 5.91. The third-order valence-corrected chi connectivity index (χ3v) is 2.64. The highest BCUT2D eigenvalue weighted by molar-refractivity contribution is 5.48. The fraction of sp³-hybridized carbons (Fsp3) is 0.467. The van der Waals surface area contributed by atoms with Crippen molar-refractivity contribution in [2.75, 3.05) is 13.2 Å². The Bertz CT molecular complexity index is 504. The van der Waals surface area contributed by atoms with Crippen molar-refractivity contribution in [1.29, 1.82) is 0 Å². The molecule has 0 amide bonds. The lowest BCUT2D eigenvalue weighted by Crippen LogP contribution is -2.14. The van der Waals surface area contributed by atoms with Gasteiger partial charge in [-0.2, -0.15) is 0 Å². The van der Waals surface area contributed by atoms with Crippen molar-refractivity contribution in [3.8, 4) is 17.6 Å². The highest BCUT2D eigenvalue weighted by atomic mass is 16.6. The number of nitro benzene ring substituents is 1. The second-order valence-electron chi connectivity index (χ2n) is 4.26. The van der Waals surface area contributed by atoms with Gasteiger partial charge in [-0.1, -0.05) is 13.0 Å². The van der Waals surface area contributed by atoms with Gasteiger partial charge < -0.3 is 10.1 Å². The van der Waals surface area contributed by atoms with Crippen LogP contribution in [0.3, 0.4) is 0 Å². The summed E-state index contributed by atoms with van der Waals surface area (Å²) in [7, 11) is 0. The maximum absolute atomic E-state index is 11.1. The van der Waals surface area contributed by atoms with Crippen molar-refractivity contribution in [2.24, 2.45) is 0 Å². The lowest BCUT2D eigenvalue weighted by atomic mass is 10.2. The molecule has 0 aliphatic heterocycles. The number of nitrogens with one attached hydrogen (secondary N) is 1. The van der Waals surface area contributed by atoms with Gasteiger partial charge in [-0.3, -0.25) is 10.1 Å². The number of nitro groups is 1. The van der Waals surface area contributed by atoms with Crippen LogP contribution in [0, 0.1) is 22.0 Å². The summed E-state index contributed by atoms with van der Waals surface area (Å²) < 4.78 is 5.42. The average Bonchev–Trinajstić information content (AvgIpc) is 2.44. The second-order valence-corrected chi connectivity index (χ2v) is 4.26. The van der Waals surface area contributed by atoms with Gasteiger partial charge in [0.15, 0.2) is 5.75 Å². The summed E-state index contributed by atoms with van der Waals surface area (Å²) in [6.45, 7) is 5.69. The van der Waals surface area contributed by atoms with Gasteiger partial charge in [0.25, 0.3) is 0 Å². The predicted molar refractivity (Wildman–Crippen MR) is 78.7 cm³/mol. The van der Waals surface area contributed by atoms with E-state index in [9.17, 15) is 10.1 Å². The highest BCUT2D eigenvalue weighted by Gasteiger charge is 2.15. The molecule has 0 radical (unpaired) electrons. The smallest absolute Gasteiger partial charge is 0.311 e. The van der Waals surface area contributed by atoms with Crippen molar-refractivity contribution in [3.63, 3.8) is 0 Å². The van der Waals surface area contributed by atoms with E-state index in [0.717, 1.165) is 18.5 Å². The normalized spacial score (nSPS) is 9.70. The molecule has 5 nitrogen and oxygen atoms in total. The molecular weight excluding hydrogens is 256 g/mol. The van der Waals surface area contributed by atoms with Gasteiger partial charge in [0.2, 0.25) is 0 Å². The molecule has 20 heavy (non-hydrogen) atoms. The Morgan fingerprint density at radius 1 is 1.45 bits per heavy atom. The molecule has 0 saturated heterocycles. The van der Waals surface area contributed by atoms with Crippen molar-refractivity contribution in [2.45, 2.75) is 33.2 Å². The number of benzene rings is 1. The minimum absolute atomic E-state index is 0.00487. The van der Waals surface area contributed by atoms with Gasteiger partial charge in [0, 0.05) is 19.0 Å². The zero-order valence-corrected chi connectivity index (χ0v) is 11.9. The quantitative estimate of drug-likeness (QED) is 0.343. The summed E-state index contributed by atoms with van der Waals surface area (Å²) in [5, 5.41) is 14.3. The standard InChI is InChI=1S/C15H20N2O3/c1-3-5-6-10-20-15-8-7-13(12-16-9-4-2)11-14(15)17(18)19/h7-8,11,16H,4,6,9-10,12H2,1-2H3. The Morgan fingerprint density at radius 2 is 2.25 bits per heavy atom. The molecule has 1 rings (SSSR count). The number of nitrogens with zero attached hydrogens (tertiary/aromatic N) is 1. The molecule has 0 bridgehead atoms. The van der Waals surface area contributed by atoms with Crippen LogP contribution in [0.15, 0.2) is 18.2 Å². The lowest BCUT2D eigenvalue weighted by molar-refractivity contribution is -0.385. The molecule has 0 aromatic heterocycles. The van der Waals surface area contributed by atoms with Crippen LogP contribution in [0.5, 0.6) is 5.75 Å². The topological polar surface area (TPSA) is 64.4 Å². The molecule has 0 heterocycles. The molecule has 0 aliphatic carbocycles. The van der Waals surface area contributed by atoms with Gasteiger partial charge >= 0.3 is 5.69 Å². The van der Waals surface area contributed by atoms with Gasteiger partial charge in [0.1, 0.15) is 0 Å². The highest BCUT2D eigenvalue weighted by Crippen LogP contribution is 2.28. The Labute approximate surface area is 119 Å². The Hall–Kier alpha value is -2.06. The molecule has 1 aromatic rings. The van der Waals surface area contributed by atoms with Crippen LogP contribution in [0.2, 0.25) is 0 Å². The van der Waals surface area contributed by atoms with Gasteiger partial charge in [-0.15, -0.1) is 11.8 Å². The zero-order chi connectivity index (χ0) is 14.8. The molecule has 0 fully saturated rings. The number of hydrogen-bond acceptors (Lipinski definition) is 4. The summed E-state index contributed by atoms with van der Waals surface area (Å²) >= 11 is 0. The van der Waals surface area contributed by atoms with E-state index in [-0.39, 0.29) is 5.69 Å². The summed E-state index contributed by atoms with van der Waals surface area (Å²) in [5.41, 5.74) is 0.885. The van der Waals surface area contributed by atoms with E-state index in [1.54, 1.807) is 19.1 Å². The maximum atomic E-state index is 11.1. The van der Waals surface area contributed by atoms with E-state index in [1.807, 2.05) is 6.07 Å². The monoisotopic (exact) mass is 276 g/mol. The second kappa shape index (κ2) is 8.94. The average molecular weight is 276 g/mol. The van der Waals surface area contributed by atoms with E-state index in [4.69, 9.17) is 4.74 Å². The molecule has 1 aromatic carbocycles. The van der Waals surface area contributed by atoms with E-state index < -0.39 is 4.92 Å². The van der Waals surface area contributed by atoms with E-state index in [0.29, 0.717) is 25.3 Å². The SMILES string of the molecule is CC#CCCOc1ccc(CNCCC)cc1[N+](=O)[O-]. The van der Waals surface area contributed by atoms with Gasteiger partial charge in [0.05, 0.1) is 11.5 Å². The molecular formula is C15H20N2O3. The van der Waals surface area contributed by atoms with E-state index >= 15 is 0 Å². The van der Waals surface area contributed by atoms with E-state index in [2.05, 4.69) is 24.1 Å². The van der Waals surface area contributed by atoms with Crippen LogP contribution in [-0.2, 0) is 6.54 Å². The van der Waals surface area contributed by atoms with Crippen molar-refractivity contribution >= 4 is 5.69 Å². The molecule has 0 spiro atoms. The largest absolute Gasteiger partial charge is 0.486 e. The number of rotatable bonds is 8. The summed E-state index contributed by atoms with van der Waals surface area (Å²) in [6, 6.07) is 5.06. The number of ether oxygens (including phenoxy) is 1. The molecule has 0 unspecified atom stereocenters. The van der Waals surface area contributed by atoms with Crippen LogP contribution in [0.25, 0.3) is 0 Å². The van der Waals surface area contributed by atoms with Crippen LogP contribution in [-0.4, -0.2) is 18.1 Å². The first-order valence-corrected chi connectivity index (χ1v) is 6.69. The minimum atomic E-state index is -0.413. The van der Waals surface area contributed by atoms with Crippen molar-refractivity contribution < 1.29 is 9.66 Å². The fourth-order valence-electron chi connectivity index (χ4n) is 1.68. The van der Waals surface area contributed by atoms with Crippen LogP contribution in [0.4, 0.5) is 5.69 Å². The first-order chi connectivity index (χ1) is 9.69. The minimum Gasteiger partial charge on any atom is -0.486 e. The van der Waals surface area contributed by atoms with Crippen molar-refractivity contribution in [3.05, 3.63) is 33.9 Å². The van der Waals surface area contributed by atoms with Crippen LogP contribution in [0.1, 0.15) is 32.3 Å². The number of hydrogen-bond donors (Lipinski definition) is 1. The summed E-state index contributed by atoms with van der Waals surface area (Å²) in [6.07, 6.45) is 1.59. The maximum Gasteiger partial charge on any atom is 0.311 e. The molecule has 1 N–H and O–H groups in total. The lowest BCUT2D eigenvalue weighted by Gasteiger charge is -2.08. The van der Waals surface area contributed by atoms with Gasteiger partial charge in [-0.05, 0) is 31.5 Å². The molecule has 5 heteroatoms. The third-order valence-electron chi connectivity index (χ3n) is 2.64. The predicted octanol–water partition coefficient (Wildman–Crippen LogP) is 2.89. The fourth-order valence-corrected chi connectivity index (χ4v) is 1.68. The summed E-state index contributed by atoms with van der Waals surface area (Å²) in [4.78, 5) is 10.7. The molecule has 0 aliphatic rings. The third kappa shape index (κ3) is 5.29. The Balaban J connectivity index is 2.73.